The van der Waals surface area contributed by atoms with Crippen LogP contribution in [0.3, 0.4) is 0 Å². The molecule has 0 aliphatic rings. The van der Waals surface area contributed by atoms with Crippen LogP contribution in [0.1, 0.15) is 0 Å². The minimum Gasteiger partial charge on any atom is -0.192 e. The molecular weight excluding hydrogens is 130 g/mol. The van der Waals surface area contributed by atoms with Gasteiger partial charge in [-0.25, -0.2) is 0 Å². The van der Waals surface area contributed by atoms with E-state index in [1.165, 1.54) is 0 Å². The molecule has 5 heavy (non-hydrogen) atoms. The Morgan fingerprint density at radius 2 is 2.20 bits per heavy atom. The third kappa shape index (κ3) is 3.71. The SMILES string of the molecule is C=C(Br)C#N. The number of nitriles is 1. The zero-order valence-electron chi connectivity index (χ0n) is 2.53. The molecule has 0 aliphatic heterocycles. The van der Waals surface area contributed by atoms with E-state index in [4.69, 9.17) is 5.26 Å². The van der Waals surface area contributed by atoms with Gasteiger partial charge in [0.15, 0.2) is 0 Å². The molecule has 0 aromatic carbocycles. The van der Waals surface area contributed by atoms with Crippen LogP contribution in [-0.2, 0) is 0 Å². The molecule has 0 atom stereocenters. The topological polar surface area (TPSA) is 23.8 Å². The predicted molar refractivity (Wildman–Crippen MR) is 23.7 cm³/mol. The highest BCUT2D eigenvalue weighted by Gasteiger charge is 1.68. The molecule has 0 aromatic heterocycles. The lowest BCUT2D eigenvalue weighted by molar-refractivity contribution is 1.53. The third-order valence-electron chi connectivity index (χ3n) is 0.121. The van der Waals surface area contributed by atoms with Gasteiger partial charge in [0.1, 0.15) is 6.07 Å². The van der Waals surface area contributed by atoms with E-state index in [1.807, 2.05) is 0 Å². The van der Waals surface area contributed by atoms with Crippen LogP contribution in [0.4, 0.5) is 0 Å². The zero-order chi connectivity index (χ0) is 4.28. The molecule has 0 unspecified atom stereocenters. The second kappa shape index (κ2) is 1.98. The number of hydrogen-bond donors (Lipinski definition) is 0. The van der Waals surface area contributed by atoms with Gasteiger partial charge in [-0.3, -0.25) is 0 Å². The van der Waals surface area contributed by atoms with Crippen molar-refractivity contribution in [3.8, 4) is 6.07 Å². The highest BCUT2D eigenvalue weighted by Crippen LogP contribution is 1.93. The molecule has 2 heteroatoms. The van der Waals surface area contributed by atoms with Crippen LogP contribution in [-0.4, -0.2) is 0 Å². The van der Waals surface area contributed by atoms with Crippen LogP contribution < -0.4 is 0 Å². The van der Waals surface area contributed by atoms with E-state index in [9.17, 15) is 0 Å². The lowest BCUT2D eigenvalue weighted by Crippen LogP contribution is -1.43. The highest BCUT2D eigenvalue weighted by molar-refractivity contribution is 9.12. The van der Waals surface area contributed by atoms with E-state index in [1.54, 1.807) is 6.07 Å². The van der Waals surface area contributed by atoms with Gasteiger partial charge in [0.25, 0.3) is 0 Å². The number of nitrogens with zero attached hydrogens (tertiary/aromatic N) is 1. The maximum atomic E-state index is 7.75. The second-order valence-electron chi connectivity index (χ2n) is 0.517. The van der Waals surface area contributed by atoms with E-state index in [-0.39, 0.29) is 0 Å². The first kappa shape index (κ1) is 4.71. The first-order chi connectivity index (χ1) is 2.27. The van der Waals surface area contributed by atoms with Crippen molar-refractivity contribution in [2.24, 2.45) is 0 Å². The summed E-state index contributed by atoms with van der Waals surface area (Å²) in [4.78, 5) is 0. The van der Waals surface area contributed by atoms with Gasteiger partial charge in [-0.15, -0.1) is 0 Å². The molecule has 0 aliphatic carbocycles. The van der Waals surface area contributed by atoms with Crippen molar-refractivity contribution < 1.29 is 0 Å². The Hall–Kier alpha value is -0.290. The van der Waals surface area contributed by atoms with Crippen molar-refractivity contribution in [2.45, 2.75) is 0 Å². The number of halogens is 1. The summed E-state index contributed by atoms with van der Waals surface area (Å²) in [7, 11) is 0. The Labute approximate surface area is 39.0 Å². The quantitative estimate of drug-likeness (QED) is 0.457. The van der Waals surface area contributed by atoms with Gasteiger partial charge >= 0.3 is 0 Å². The Morgan fingerprint density at radius 1 is 2.00 bits per heavy atom. The van der Waals surface area contributed by atoms with E-state index in [0.717, 1.165) is 0 Å². The largest absolute Gasteiger partial charge is 0.192 e. The minimum absolute atomic E-state index is 0.373. The van der Waals surface area contributed by atoms with Crippen LogP contribution >= 0.6 is 15.9 Å². The number of rotatable bonds is 0. The number of hydrogen-bond acceptors (Lipinski definition) is 1. The summed E-state index contributed by atoms with van der Waals surface area (Å²) in [5.41, 5.74) is 0. The Balaban J connectivity index is 3.35. The van der Waals surface area contributed by atoms with E-state index in [2.05, 4.69) is 22.5 Å². The van der Waals surface area contributed by atoms with E-state index >= 15 is 0 Å². The first-order valence-corrected chi connectivity index (χ1v) is 1.81. The molecule has 0 fully saturated rings. The lowest BCUT2D eigenvalue weighted by atomic mass is 10.7. The van der Waals surface area contributed by atoms with Gasteiger partial charge in [-0.05, 0) is 15.9 Å². The fourth-order valence-corrected chi connectivity index (χ4v) is 0. The zero-order valence-corrected chi connectivity index (χ0v) is 4.12. The molecule has 0 aromatic rings. The van der Waals surface area contributed by atoms with Crippen LogP contribution in [0.15, 0.2) is 11.1 Å². The van der Waals surface area contributed by atoms with Gasteiger partial charge in [-0.2, -0.15) is 5.26 Å². The Morgan fingerprint density at radius 3 is 2.20 bits per heavy atom. The van der Waals surface area contributed by atoms with Crippen molar-refractivity contribution in [3.63, 3.8) is 0 Å². The fraction of sp³-hybridized carbons (Fsp3) is 0. The normalized spacial score (nSPS) is 5.60. The molecule has 0 N–H and O–H groups in total. The minimum atomic E-state index is 0.373. The summed E-state index contributed by atoms with van der Waals surface area (Å²) in [5.74, 6) is 0. The Bertz CT molecular complexity index is 79.4. The molecular formula is C3H2BrN. The third-order valence-corrected chi connectivity index (χ3v) is 0.299. The predicted octanol–water partition coefficient (Wildman–Crippen LogP) is 1.42. The van der Waals surface area contributed by atoms with Crippen LogP contribution in [0, 0.1) is 11.3 Å². The maximum Gasteiger partial charge on any atom is 0.106 e. The second-order valence-corrected chi connectivity index (χ2v) is 1.47. The molecule has 1 nitrogen and oxygen atoms in total. The standard InChI is InChI=1S/C3H2BrN/c1-3(4)2-5/h1H2. The molecule has 0 saturated carbocycles. The van der Waals surface area contributed by atoms with Gasteiger partial charge in [0, 0.05) is 0 Å². The van der Waals surface area contributed by atoms with Crippen molar-refractivity contribution >= 4 is 15.9 Å². The molecule has 0 radical (unpaired) electrons. The van der Waals surface area contributed by atoms with Crippen LogP contribution in [0.25, 0.3) is 0 Å². The van der Waals surface area contributed by atoms with Crippen LogP contribution in [0.2, 0.25) is 0 Å². The monoisotopic (exact) mass is 131 g/mol. The number of allylic oxidation sites excluding steroid dienone is 1. The summed E-state index contributed by atoms with van der Waals surface area (Å²) < 4.78 is 0.373. The van der Waals surface area contributed by atoms with E-state index < -0.39 is 0 Å². The molecule has 0 rings (SSSR count). The van der Waals surface area contributed by atoms with Gasteiger partial charge in [0.05, 0.1) is 4.48 Å². The van der Waals surface area contributed by atoms with Crippen molar-refractivity contribution in [3.05, 3.63) is 11.1 Å². The highest BCUT2D eigenvalue weighted by atomic mass is 79.9. The molecule has 0 spiro atoms. The summed E-state index contributed by atoms with van der Waals surface area (Å²) >= 11 is 2.82. The van der Waals surface area contributed by atoms with Crippen molar-refractivity contribution in [2.75, 3.05) is 0 Å². The van der Waals surface area contributed by atoms with Gasteiger partial charge < -0.3 is 0 Å². The summed E-state index contributed by atoms with van der Waals surface area (Å²) in [6, 6.07) is 1.75. The van der Waals surface area contributed by atoms with Crippen LogP contribution in [0.5, 0.6) is 0 Å². The smallest absolute Gasteiger partial charge is 0.106 e. The molecule has 0 heterocycles. The maximum absolute atomic E-state index is 7.75. The fourth-order valence-electron chi connectivity index (χ4n) is 0. The summed E-state index contributed by atoms with van der Waals surface area (Å²) in [6.07, 6.45) is 0. The van der Waals surface area contributed by atoms with E-state index in [0.29, 0.717) is 4.48 Å². The Kier molecular flexibility index (Phi) is 1.86. The van der Waals surface area contributed by atoms with Gasteiger partial charge in [0.2, 0.25) is 0 Å². The molecule has 0 bridgehead atoms. The molecule has 26 valence electrons. The van der Waals surface area contributed by atoms with Gasteiger partial charge in [-0.1, -0.05) is 6.58 Å². The average molecular weight is 132 g/mol. The average Bonchev–Trinajstić information content (AvgIpc) is 1.38. The summed E-state index contributed by atoms with van der Waals surface area (Å²) in [5, 5.41) is 7.75. The van der Waals surface area contributed by atoms with Crippen molar-refractivity contribution in [1.82, 2.24) is 0 Å². The summed E-state index contributed by atoms with van der Waals surface area (Å²) in [6.45, 7) is 3.23. The molecule has 0 amide bonds. The first-order valence-electron chi connectivity index (χ1n) is 1.02. The molecule has 0 saturated heterocycles. The van der Waals surface area contributed by atoms with Crippen molar-refractivity contribution in [1.29, 1.82) is 5.26 Å². The lowest BCUT2D eigenvalue weighted by Gasteiger charge is -1.58.